The van der Waals surface area contributed by atoms with Gasteiger partial charge in [-0.1, -0.05) is 5.22 Å². The number of aliphatic hydroxyl groups excluding tert-OH is 3. The van der Waals surface area contributed by atoms with Crippen LogP contribution in [0.2, 0.25) is 0 Å². The normalized spacial score (nSPS) is 28.4. The van der Waals surface area contributed by atoms with Crippen molar-refractivity contribution >= 4 is 11.7 Å². The molecular formula is C11H18N6O5. The number of primary amides is 1. The van der Waals surface area contributed by atoms with Crippen LogP contribution in [0.15, 0.2) is 16.5 Å². The zero-order valence-electron chi connectivity index (χ0n) is 12.1. The van der Waals surface area contributed by atoms with Crippen molar-refractivity contribution in [2.75, 3.05) is 20.7 Å². The van der Waals surface area contributed by atoms with Crippen LogP contribution in [0.1, 0.15) is 16.6 Å². The van der Waals surface area contributed by atoms with Crippen LogP contribution in [-0.4, -0.2) is 75.0 Å². The Bertz CT molecular complexity index is 573. The van der Waals surface area contributed by atoms with E-state index < -0.39 is 37.1 Å². The van der Waals surface area contributed by atoms with Crippen LogP contribution in [0.5, 0.6) is 0 Å². The van der Waals surface area contributed by atoms with Gasteiger partial charge >= 0.3 is 0 Å². The van der Waals surface area contributed by atoms with Crippen molar-refractivity contribution in [2.24, 2.45) is 16.1 Å². The molecule has 22 heavy (non-hydrogen) atoms. The van der Waals surface area contributed by atoms with Gasteiger partial charge in [-0.2, -0.15) is 5.10 Å². The standard InChI is InChI=1S/C11H18N6O5/c1-16(2)15-14-10-5(9(12)21)3-13-17(10)11-8(20)7(19)6(4-18)22-11/h3,6-8,11,18-20H,4H2,1-2H3,(H2,12,21)/t6-,7-,8-,11-/m1/s1. The molecule has 1 aromatic rings. The van der Waals surface area contributed by atoms with Crippen LogP contribution in [0, 0.1) is 0 Å². The number of nitrogens with zero attached hydrogens (tertiary/aromatic N) is 5. The minimum Gasteiger partial charge on any atom is -0.394 e. The fraction of sp³-hybridized carbons (Fsp3) is 0.636. The van der Waals surface area contributed by atoms with E-state index >= 15 is 0 Å². The van der Waals surface area contributed by atoms with E-state index in [-0.39, 0.29) is 11.4 Å². The topological polar surface area (TPSA) is 159 Å². The van der Waals surface area contributed by atoms with E-state index in [0.29, 0.717) is 0 Å². The zero-order chi connectivity index (χ0) is 16.4. The number of rotatable bonds is 5. The molecule has 2 heterocycles. The number of hydrogen-bond donors (Lipinski definition) is 4. The monoisotopic (exact) mass is 314 g/mol. The maximum absolute atomic E-state index is 11.4. The van der Waals surface area contributed by atoms with Gasteiger partial charge in [-0.05, 0) is 0 Å². The third-order valence-electron chi connectivity index (χ3n) is 3.11. The van der Waals surface area contributed by atoms with Gasteiger partial charge in [0.2, 0.25) is 0 Å². The summed E-state index contributed by atoms with van der Waals surface area (Å²) < 4.78 is 6.44. The quantitative estimate of drug-likeness (QED) is 0.367. The highest BCUT2D eigenvalue weighted by Crippen LogP contribution is 2.33. The van der Waals surface area contributed by atoms with Crippen LogP contribution < -0.4 is 5.73 Å². The minimum absolute atomic E-state index is 0.0108. The first-order valence-corrected chi connectivity index (χ1v) is 6.45. The highest BCUT2D eigenvalue weighted by atomic mass is 16.6. The van der Waals surface area contributed by atoms with E-state index in [1.54, 1.807) is 14.1 Å². The average molecular weight is 314 g/mol. The Morgan fingerprint density at radius 2 is 2.18 bits per heavy atom. The van der Waals surface area contributed by atoms with Gasteiger partial charge in [-0.3, -0.25) is 9.80 Å². The largest absolute Gasteiger partial charge is 0.394 e. The summed E-state index contributed by atoms with van der Waals surface area (Å²) in [5.41, 5.74) is 5.24. The van der Waals surface area contributed by atoms with Crippen molar-refractivity contribution in [2.45, 2.75) is 24.5 Å². The van der Waals surface area contributed by atoms with E-state index in [9.17, 15) is 15.0 Å². The molecule has 0 unspecified atom stereocenters. The maximum atomic E-state index is 11.4. The summed E-state index contributed by atoms with van der Waals surface area (Å²) in [5, 5.41) is 41.8. The van der Waals surface area contributed by atoms with E-state index in [0.717, 1.165) is 4.68 Å². The number of carbonyl (C=O) groups is 1. The molecule has 1 amide bonds. The van der Waals surface area contributed by atoms with Crippen molar-refractivity contribution in [3.8, 4) is 0 Å². The summed E-state index contributed by atoms with van der Waals surface area (Å²) >= 11 is 0. The lowest BCUT2D eigenvalue weighted by atomic mass is 10.1. The maximum Gasteiger partial charge on any atom is 0.254 e. The highest BCUT2D eigenvalue weighted by molar-refractivity contribution is 5.96. The highest BCUT2D eigenvalue weighted by Gasteiger charge is 2.45. The molecule has 122 valence electrons. The predicted molar refractivity (Wildman–Crippen MR) is 72.0 cm³/mol. The third-order valence-corrected chi connectivity index (χ3v) is 3.11. The summed E-state index contributed by atoms with van der Waals surface area (Å²) in [4.78, 5) is 11.4. The predicted octanol–water partition coefficient (Wildman–Crippen LogP) is -1.85. The number of aromatic nitrogens is 2. The van der Waals surface area contributed by atoms with E-state index in [1.807, 2.05) is 0 Å². The summed E-state index contributed by atoms with van der Waals surface area (Å²) in [6.45, 7) is -0.479. The van der Waals surface area contributed by atoms with Gasteiger partial charge < -0.3 is 25.8 Å². The fourth-order valence-electron chi connectivity index (χ4n) is 2.03. The number of ether oxygens (including phenoxy) is 1. The average Bonchev–Trinajstić information content (AvgIpc) is 2.99. The molecule has 0 spiro atoms. The molecule has 1 fully saturated rings. The Labute approximate surface area is 125 Å². The Morgan fingerprint density at radius 1 is 1.50 bits per heavy atom. The number of hydrogen-bond acceptors (Lipinski definition) is 8. The summed E-state index contributed by atoms with van der Waals surface area (Å²) in [6.07, 6.45) is -3.58. The molecule has 4 atom stereocenters. The van der Waals surface area contributed by atoms with Gasteiger partial charge in [0.15, 0.2) is 12.0 Å². The zero-order valence-corrected chi connectivity index (χ0v) is 12.1. The van der Waals surface area contributed by atoms with Gasteiger partial charge in [0, 0.05) is 14.1 Å². The lowest BCUT2D eigenvalue weighted by molar-refractivity contribution is -0.0577. The second kappa shape index (κ2) is 6.36. The molecule has 0 aromatic carbocycles. The number of aliphatic hydroxyl groups is 3. The Balaban J connectivity index is 2.41. The van der Waals surface area contributed by atoms with E-state index in [4.69, 9.17) is 15.6 Å². The van der Waals surface area contributed by atoms with Gasteiger partial charge in [-0.15, -0.1) is 5.11 Å². The fourth-order valence-corrected chi connectivity index (χ4v) is 2.03. The van der Waals surface area contributed by atoms with Crippen molar-refractivity contribution in [1.82, 2.24) is 14.8 Å². The minimum atomic E-state index is -1.36. The van der Waals surface area contributed by atoms with Crippen molar-refractivity contribution in [3.63, 3.8) is 0 Å². The second-order valence-corrected chi connectivity index (χ2v) is 4.96. The first-order chi connectivity index (χ1) is 10.4. The van der Waals surface area contributed by atoms with Gasteiger partial charge in [0.1, 0.15) is 23.9 Å². The molecule has 1 saturated heterocycles. The lowest BCUT2D eigenvalue weighted by Crippen LogP contribution is -2.33. The van der Waals surface area contributed by atoms with Gasteiger partial charge in [-0.25, -0.2) is 4.68 Å². The summed E-state index contributed by atoms with van der Waals surface area (Å²) in [5.74, 6) is -0.790. The molecule has 2 rings (SSSR count). The number of amides is 1. The van der Waals surface area contributed by atoms with Gasteiger partial charge in [0.05, 0.1) is 12.8 Å². The summed E-state index contributed by atoms with van der Waals surface area (Å²) in [7, 11) is 3.25. The number of nitrogens with two attached hydrogens (primary N) is 1. The molecule has 0 aliphatic carbocycles. The van der Waals surface area contributed by atoms with Crippen LogP contribution in [-0.2, 0) is 4.74 Å². The molecule has 5 N–H and O–H groups in total. The molecule has 0 saturated carbocycles. The molecule has 1 aromatic heterocycles. The van der Waals surface area contributed by atoms with Crippen LogP contribution >= 0.6 is 0 Å². The molecule has 11 heteroatoms. The molecule has 0 radical (unpaired) electrons. The molecule has 11 nitrogen and oxygen atoms in total. The summed E-state index contributed by atoms with van der Waals surface area (Å²) in [6, 6.07) is 0. The first kappa shape index (κ1) is 16.3. The molecule has 0 bridgehead atoms. The number of carbonyl (C=O) groups excluding carboxylic acids is 1. The lowest BCUT2D eigenvalue weighted by Gasteiger charge is -2.16. The smallest absolute Gasteiger partial charge is 0.254 e. The molecular weight excluding hydrogens is 296 g/mol. The Kier molecular flexibility index (Phi) is 4.71. The Hall–Kier alpha value is -2.08. The second-order valence-electron chi connectivity index (χ2n) is 4.96. The molecule has 1 aliphatic heterocycles. The van der Waals surface area contributed by atoms with Crippen LogP contribution in [0.3, 0.4) is 0 Å². The SMILES string of the molecule is CN(C)N=Nc1c(C(N)=O)cnn1[C@@H]1O[C@H](CO)[C@@H](O)[C@H]1O. The van der Waals surface area contributed by atoms with Crippen molar-refractivity contribution in [1.29, 1.82) is 0 Å². The van der Waals surface area contributed by atoms with Crippen molar-refractivity contribution in [3.05, 3.63) is 11.8 Å². The van der Waals surface area contributed by atoms with E-state index in [2.05, 4.69) is 15.4 Å². The van der Waals surface area contributed by atoms with Gasteiger partial charge in [0.25, 0.3) is 5.91 Å². The molecule has 1 aliphatic rings. The van der Waals surface area contributed by atoms with Crippen LogP contribution in [0.25, 0.3) is 0 Å². The first-order valence-electron chi connectivity index (χ1n) is 6.45. The van der Waals surface area contributed by atoms with Crippen LogP contribution in [0.4, 0.5) is 5.82 Å². The van der Waals surface area contributed by atoms with Crippen molar-refractivity contribution < 1.29 is 24.9 Å². The third kappa shape index (κ3) is 2.92. The van der Waals surface area contributed by atoms with E-state index in [1.165, 1.54) is 11.2 Å². The Morgan fingerprint density at radius 3 is 2.68 bits per heavy atom.